The molecule has 19 heavy (non-hydrogen) atoms. The minimum Gasteiger partial charge on any atom is -0.495 e. The fourth-order valence-electron chi connectivity index (χ4n) is 1.44. The zero-order valence-corrected chi connectivity index (χ0v) is 11.6. The lowest BCUT2D eigenvalue weighted by Crippen LogP contribution is -2.14. The lowest BCUT2D eigenvalue weighted by Gasteiger charge is -2.09. The molecule has 0 atom stereocenters. The number of hydrogen-bond donors (Lipinski definition) is 1. The average Bonchev–Trinajstić information content (AvgIpc) is 2.42. The van der Waals surface area contributed by atoms with Gasteiger partial charge in [-0.3, -0.25) is 4.72 Å². The highest BCUT2D eigenvalue weighted by atomic mass is 35.5. The number of benzene rings is 1. The van der Waals surface area contributed by atoms with Crippen LogP contribution in [-0.2, 0) is 10.0 Å². The molecule has 0 saturated heterocycles. The van der Waals surface area contributed by atoms with Crippen LogP contribution in [0.2, 0.25) is 5.02 Å². The molecule has 5 nitrogen and oxygen atoms in total. The molecule has 0 saturated carbocycles. The van der Waals surface area contributed by atoms with Gasteiger partial charge in [-0.1, -0.05) is 17.7 Å². The van der Waals surface area contributed by atoms with Gasteiger partial charge in [-0.2, -0.15) is 8.42 Å². The highest BCUT2D eigenvalue weighted by Crippen LogP contribution is 2.28. The van der Waals surface area contributed by atoms with E-state index in [-0.39, 0.29) is 5.03 Å². The molecule has 0 unspecified atom stereocenters. The van der Waals surface area contributed by atoms with E-state index in [1.165, 1.54) is 25.4 Å². The molecule has 100 valence electrons. The summed E-state index contributed by atoms with van der Waals surface area (Å²) in [4.78, 5) is 3.80. The zero-order chi connectivity index (χ0) is 13.9. The van der Waals surface area contributed by atoms with Gasteiger partial charge in [0.2, 0.25) is 0 Å². The first-order valence-electron chi connectivity index (χ1n) is 5.30. The first-order valence-corrected chi connectivity index (χ1v) is 7.16. The number of sulfonamides is 1. The third-order valence-electron chi connectivity index (χ3n) is 2.32. The lowest BCUT2D eigenvalue weighted by molar-refractivity contribution is 0.415. The van der Waals surface area contributed by atoms with Crippen LogP contribution in [0.4, 0.5) is 5.69 Å². The molecule has 1 aromatic heterocycles. The van der Waals surface area contributed by atoms with Crippen LogP contribution in [0.3, 0.4) is 0 Å². The predicted molar refractivity (Wildman–Crippen MR) is 73.0 cm³/mol. The summed E-state index contributed by atoms with van der Waals surface area (Å²) < 4.78 is 31.5. The maximum Gasteiger partial charge on any atom is 0.279 e. The van der Waals surface area contributed by atoms with Crippen LogP contribution in [0.1, 0.15) is 0 Å². The summed E-state index contributed by atoms with van der Waals surface area (Å²) in [6.45, 7) is 0. The molecule has 0 spiro atoms. The molecule has 1 N–H and O–H groups in total. The zero-order valence-electron chi connectivity index (χ0n) is 10.00. The summed E-state index contributed by atoms with van der Waals surface area (Å²) in [5.41, 5.74) is 0.354. The van der Waals surface area contributed by atoms with Crippen LogP contribution in [0.25, 0.3) is 0 Å². The molecule has 0 aliphatic heterocycles. The SMILES string of the molecule is COc1cc(NS(=O)(=O)c2ccccn2)ccc1Cl. The Morgan fingerprint density at radius 2 is 2.05 bits per heavy atom. The molecule has 0 amide bonds. The normalized spacial score (nSPS) is 11.1. The summed E-state index contributed by atoms with van der Waals surface area (Å²) in [6.07, 6.45) is 1.41. The van der Waals surface area contributed by atoms with Gasteiger partial charge >= 0.3 is 0 Å². The van der Waals surface area contributed by atoms with E-state index >= 15 is 0 Å². The van der Waals surface area contributed by atoms with Crippen molar-refractivity contribution in [3.8, 4) is 5.75 Å². The first-order chi connectivity index (χ1) is 9.03. The highest BCUT2D eigenvalue weighted by Gasteiger charge is 2.15. The quantitative estimate of drug-likeness (QED) is 0.942. The van der Waals surface area contributed by atoms with E-state index in [0.29, 0.717) is 16.5 Å². The van der Waals surface area contributed by atoms with Crippen molar-refractivity contribution in [2.24, 2.45) is 0 Å². The Kier molecular flexibility index (Phi) is 3.92. The van der Waals surface area contributed by atoms with Crippen molar-refractivity contribution >= 4 is 27.3 Å². The highest BCUT2D eigenvalue weighted by molar-refractivity contribution is 7.92. The van der Waals surface area contributed by atoms with E-state index in [4.69, 9.17) is 16.3 Å². The second kappa shape index (κ2) is 5.46. The van der Waals surface area contributed by atoms with Gasteiger partial charge in [-0.15, -0.1) is 0 Å². The Morgan fingerprint density at radius 3 is 2.68 bits per heavy atom. The van der Waals surface area contributed by atoms with Crippen LogP contribution < -0.4 is 9.46 Å². The maximum atomic E-state index is 12.0. The van der Waals surface area contributed by atoms with Crippen molar-refractivity contribution in [1.29, 1.82) is 0 Å². The predicted octanol–water partition coefficient (Wildman–Crippen LogP) is 2.54. The molecule has 0 radical (unpaired) electrons. The third-order valence-corrected chi connectivity index (χ3v) is 3.93. The largest absolute Gasteiger partial charge is 0.495 e. The molecule has 1 aromatic carbocycles. The number of methoxy groups -OCH3 is 1. The van der Waals surface area contributed by atoms with Crippen molar-refractivity contribution in [3.63, 3.8) is 0 Å². The number of nitrogens with one attached hydrogen (secondary N) is 1. The molecule has 0 aliphatic rings. The van der Waals surface area contributed by atoms with Crippen molar-refractivity contribution in [2.45, 2.75) is 5.03 Å². The summed E-state index contributed by atoms with van der Waals surface area (Å²) >= 11 is 5.87. The molecule has 7 heteroatoms. The van der Waals surface area contributed by atoms with Crippen LogP contribution in [0, 0.1) is 0 Å². The molecular weight excluding hydrogens is 288 g/mol. The maximum absolute atomic E-state index is 12.0. The van der Waals surface area contributed by atoms with E-state index in [2.05, 4.69) is 9.71 Å². The minimum atomic E-state index is -3.71. The van der Waals surface area contributed by atoms with Crippen LogP contribution in [-0.4, -0.2) is 20.5 Å². The Morgan fingerprint density at radius 1 is 1.26 bits per heavy atom. The third kappa shape index (κ3) is 3.15. The fourth-order valence-corrected chi connectivity index (χ4v) is 2.63. The van der Waals surface area contributed by atoms with Gasteiger partial charge in [0, 0.05) is 12.3 Å². The Bertz CT molecular complexity index is 675. The number of aromatic nitrogens is 1. The average molecular weight is 299 g/mol. The van der Waals surface area contributed by atoms with Crippen LogP contribution >= 0.6 is 11.6 Å². The lowest BCUT2D eigenvalue weighted by atomic mass is 10.3. The fraction of sp³-hybridized carbons (Fsp3) is 0.0833. The first kappa shape index (κ1) is 13.6. The number of rotatable bonds is 4. The van der Waals surface area contributed by atoms with Crippen molar-refractivity contribution < 1.29 is 13.2 Å². The van der Waals surface area contributed by atoms with Crippen molar-refractivity contribution in [1.82, 2.24) is 4.98 Å². The summed E-state index contributed by atoms with van der Waals surface area (Å²) in [6, 6.07) is 9.26. The number of ether oxygens (including phenoxy) is 1. The molecule has 1 heterocycles. The number of nitrogens with zero attached hydrogens (tertiary/aromatic N) is 1. The summed E-state index contributed by atoms with van der Waals surface area (Å²) in [5.74, 6) is 0.392. The van der Waals surface area contributed by atoms with E-state index < -0.39 is 10.0 Å². The van der Waals surface area contributed by atoms with Gasteiger partial charge in [-0.25, -0.2) is 4.98 Å². The topological polar surface area (TPSA) is 68.3 Å². The monoisotopic (exact) mass is 298 g/mol. The molecule has 0 aliphatic carbocycles. The standard InChI is InChI=1S/C12H11ClN2O3S/c1-18-11-8-9(5-6-10(11)13)15-19(16,17)12-4-2-3-7-14-12/h2-8,15H,1H3. The smallest absolute Gasteiger partial charge is 0.279 e. The second-order valence-electron chi connectivity index (χ2n) is 3.62. The molecule has 0 fully saturated rings. The number of anilines is 1. The van der Waals surface area contributed by atoms with Gasteiger partial charge in [0.15, 0.2) is 5.03 Å². The number of hydrogen-bond acceptors (Lipinski definition) is 4. The minimum absolute atomic E-state index is 0.0519. The van der Waals surface area contributed by atoms with E-state index in [9.17, 15) is 8.42 Å². The van der Waals surface area contributed by atoms with Crippen LogP contribution in [0.15, 0.2) is 47.6 Å². The molecular formula is C12H11ClN2O3S. The van der Waals surface area contributed by atoms with Gasteiger partial charge in [-0.05, 0) is 24.3 Å². The van der Waals surface area contributed by atoms with E-state index in [1.807, 2.05) is 0 Å². The summed E-state index contributed by atoms with van der Waals surface area (Å²) in [5, 5.41) is 0.354. The molecule has 2 aromatic rings. The number of halogens is 1. The summed E-state index contributed by atoms with van der Waals surface area (Å²) in [7, 11) is -2.25. The van der Waals surface area contributed by atoms with Gasteiger partial charge in [0.05, 0.1) is 17.8 Å². The van der Waals surface area contributed by atoms with Crippen molar-refractivity contribution in [3.05, 3.63) is 47.6 Å². The van der Waals surface area contributed by atoms with Gasteiger partial charge in [0.25, 0.3) is 10.0 Å². The molecule has 2 rings (SSSR count). The van der Waals surface area contributed by atoms with Crippen LogP contribution in [0.5, 0.6) is 5.75 Å². The Balaban J connectivity index is 2.31. The van der Waals surface area contributed by atoms with E-state index in [0.717, 1.165) is 0 Å². The number of pyridine rings is 1. The Labute approximate surface area is 116 Å². The van der Waals surface area contributed by atoms with E-state index in [1.54, 1.807) is 24.3 Å². The second-order valence-corrected chi connectivity index (χ2v) is 5.66. The van der Waals surface area contributed by atoms with Crippen molar-refractivity contribution in [2.75, 3.05) is 11.8 Å². The Hall–Kier alpha value is -1.79. The molecule has 0 bridgehead atoms. The van der Waals surface area contributed by atoms with Gasteiger partial charge in [0.1, 0.15) is 5.75 Å². The van der Waals surface area contributed by atoms with Gasteiger partial charge < -0.3 is 4.74 Å².